The molecule has 1 aromatic carbocycles. The SMILES string of the molecule is Cc1cn(-c2ccc(N3CCOCC3)cc2)c(=S)[nH]1. The number of aromatic nitrogens is 2. The predicted molar refractivity (Wildman–Crippen MR) is 78.7 cm³/mol. The van der Waals surface area contributed by atoms with Gasteiger partial charge in [-0.15, -0.1) is 0 Å². The fraction of sp³-hybridized carbons (Fsp3) is 0.357. The van der Waals surface area contributed by atoms with Crippen molar-refractivity contribution in [2.45, 2.75) is 6.92 Å². The van der Waals surface area contributed by atoms with Crippen molar-refractivity contribution in [3.63, 3.8) is 0 Å². The fourth-order valence-electron chi connectivity index (χ4n) is 2.35. The minimum absolute atomic E-state index is 0.733. The van der Waals surface area contributed by atoms with Crippen molar-refractivity contribution in [2.24, 2.45) is 0 Å². The molecular formula is C14H17N3OS. The van der Waals surface area contributed by atoms with Gasteiger partial charge in [0.25, 0.3) is 0 Å². The lowest BCUT2D eigenvalue weighted by atomic mass is 10.2. The van der Waals surface area contributed by atoms with E-state index in [4.69, 9.17) is 17.0 Å². The zero-order valence-electron chi connectivity index (χ0n) is 10.9. The first-order valence-corrected chi connectivity index (χ1v) is 6.86. The molecule has 2 heterocycles. The van der Waals surface area contributed by atoms with Crippen LogP contribution in [0, 0.1) is 11.7 Å². The van der Waals surface area contributed by atoms with Crippen LogP contribution in [-0.4, -0.2) is 35.9 Å². The number of hydrogen-bond donors (Lipinski definition) is 1. The summed E-state index contributed by atoms with van der Waals surface area (Å²) in [7, 11) is 0. The van der Waals surface area contributed by atoms with Crippen LogP contribution in [0.2, 0.25) is 0 Å². The summed E-state index contributed by atoms with van der Waals surface area (Å²) in [5.41, 5.74) is 3.40. The molecule has 2 aromatic rings. The predicted octanol–water partition coefficient (Wildman–Crippen LogP) is 2.68. The molecule has 0 aliphatic carbocycles. The molecule has 1 saturated heterocycles. The maximum atomic E-state index is 5.37. The molecule has 1 fully saturated rings. The Kier molecular flexibility index (Phi) is 3.40. The minimum Gasteiger partial charge on any atom is -0.378 e. The van der Waals surface area contributed by atoms with E-state index in [1.165, 1.54) is 5.69 Å². The molecule has 0 radical (unpaired) electrons. The molecule has 0 spiro atoms. The van der Waals surface area contributed by atoms with E-state index < -0.39 is 0 Å². The molecule has 0 atom stereocenters. The van der Waals surface area contributed by atoms with Crippen LogP contribution in [0.15, 0.2) is 30.5 Å². The highest BCUT2D eigenvalue weighted by molar-refractivity contribution is 7.71. The summed E-state index contributed by atoms with van der Waals surface area (Å²) in [5, 5.41) is 0. The van der Waals surface area contributed by atoms with Crippen molar-refractivity contribution in [1.29, 1.82) is 0 Å². The number of hydrogen-bond acceptors (Lipinski definition) is 3. The number of aryl methyl sites for hydroxylation is 1. The van der Waals surface area contributed by atoms with Crippen LogP contribution in [0.25, 0.3) is 5.69 Å². The van der Waals surface area contributed by atoms with E-state index in [1.807, 2.05) is 17.7 Å². The molecule has 0 unspecified atom stereocenters. The smallest absolute Gasteiger partial charge is 0.181 e. The molecule has 0 bridgehead atoms. The van der Waals surface area contributed by atoms with Crippen molar-refractivity contribution in [1.82, 2.24) is 9.55 Å². The van der Waals surface area contributed by atoms with Crippen LogP contribution in [0.5, 0.6) is 0 Å². The number of ether oxygens (including phenoxy) is 1. The Hall–Kier alpha value is -1.59. The van der Waals surface area contributed by atoms with Gasteiger partial charge in [0.15, 0.2) is 4.77 Å². The van der Waals surface area contributed by atoms with Crippen molar-refractivity contribution in [3.05, 3.63) is 40.9 Å². The van der Waals surface area contributed by atoms with Gasteiger partial charge in [0.1, 0.15) is 0 Å². The summed E-state index contributed by atoms with van der Waals surface area (Å²) in [4.78, 5) is 5.48. The Bertz CT molecular complexity index is 608. The molecular weight excluding hydrogens is 258 g/mol. The molecule has 4 nitrogen and oxygen atoms in total. The summed E-state index contributed by atoms with van der Waals surface area (Å²) in [6, 6.07) is 8.50. The zero-order valence-corrected chi connectivity index (χ0v) is 11.7. The lowest BCUT2D eigenvalue weighted by Crippen LogP contribution is -2.36. The number of rotatable bonds is 2. The fourth-order valence-corrected chi connectivity index (χ4v) is 2.67. The van der Waals surface area contributed by atoms with Gasteiger partial charge >= 0.3 is 0 Å². The standard InChI is InChI=1S/C14H17N3OS/c1-11-10-17(14(19)15-11)13-4-2-12(3-5-13)16-6-8-18-9-7-16/h2-5,10H,6-9H2,1H3,(H,15,19). The maximum Gasteiger partial charge on any atom is 0.181 e. The summed E-state index contributed by atoms with van der Waals surface area (Å²) >= 11 is 5.29. The molecule has 0 saturated carbocycles. The van der Waals surface area contributed by atoms with Gasteiger partial charge in [0, 0.05) is 36.4 Å². The molecule has 0 amide bonds. The van der Waals surface area contributed by atoms with Gasteiger partial charge in [-0.3, -0.25) is 4.57 Å². The van der Waals surface area contributed by atoms with Gasteiger partial charge in [-0.2, -0.15) is 0 Å². The zero-order chi connectivity index (χ0) is 13.2. The number of benzene rings is 1. The van der Waals surface area contributed by atoms with Crippen LogP contribution < -0.4 is 4.90 Å². The first-order valence-electron chi connectivity index (χ1n) is 6.45. The van der Waals surface area contributed by atoms with Crippen LogP contribution in [0.4, 0.5) is 5.69 Å². The Balaban J connectivity index is 1.86. The van der Waals surface area contributed by atoms with Crippen molar-refractivity contribution < 1.29 is 4.74 Å². The Morgan fingerprint density at radius 1 is 1.11 bits per heavy atom. The minimum atomic E-state index is 0.733. The van der Waals surface area contributed by atoms with Gasteiger partial charge in [0.05, 0.1) is 13.2 Å². The molecule has 3 rings (SSSR count). The number of imidazole rings is 1. The first-order chi connectivity index (χ1) is 9.24. The number of aromatic amines is 1. The highest BCUT2D eigenvalue weighted by atomic mass is 32.1. The molecule has 1 aliphatic heterocycles. The van der Waals surface area contributed by atoms with E-state index in [0.29, 0.717) is 0 Å². The highest BCUT2D eigenvalue weighted by Gasteiger charge is 2.11. The topological polar surface area (TPSA) is 33.2 Å². The number of nitrogens with zero attached hydrogens (tertiary/aromatic N) is 2. The highest BCUT2D eigenvalue weighted by Crippen LogP contribution is 2.19. The number of morpholine rings is 1. The van der Waals surface area contributed by atoms with E-state index in [2.05, 4.69) is 34.1 Å². The molecule has 1 aromatic heterocycles. The third kappa shape index (κ3) is 2.57. The monoisotopic (exact) mass is 275 g/mol. The van der Waals surface area contributed by atoms with Crippen molar-refractivity contribution >= 4 is 17.9 Å². The second-order valence-corrected chi connectivity index (χ2v) is 5.11. The van der Waals surface area contributed by atoms with Crippen LogP contribution >= 0.6 is 12.2 Å². The molecule has 19 heavy (non-hydrogen) atoms. The maximum absolute atomic E-state index is 5.37. The quantitative estimate of drug-likeness (QED) is 0.855. The van der Waals surface area contributed by atoms with Gasteiger partial charge in [-0.1, -0.05) is 0 Å². The van der Waals surface area contributed by atoms with Gasteiger partial charge in [0.2, 0.25) is 0 Å². The summed E-state index contributed by atoms with van der Waals surface area (Å²) in [6.07, 6.45) is 2.02. The first kappa shape index (κ1) is 12.4. The van der Waals surface area contributed by atoms with E-state index in [0.717, 1.165) is 42.5 Å². The normalized spacial score (nSPS) is 15.7. The lowest BCUT2D eigenvalue weighted by Gasteiger charge is -2.28. The largest absolute Gasteiger partial charge is 0.378 e. The van der Waals surface area contributed by atoms with Gasteiger partial charge in [-0.25, -0.2) is 0 Å². The number of nitrogens with one attached hydrogen (secondary N) is 1. The summed E-state index contributed by atoms with van der Waals surface area (Å²) in [6.45, 7) is 5.55. The molecule has 1 aliphatic rings. The lowest BCUT2D eigenvalue weighted by molar-refractivity contribution is 0.122. The Morgan fingerprint density at radius 2 is 1.74 bits per heavy atom. The summed E-state index contributed by atoms with van der Waals surface area (Å²) in [5.74, 6) is 0. The van der Waals surface area contributed by atoms with E-state index >= 15 is 0 Å². The average molecular weight is 275 g/mol. The third-order valence-electron chi connectivity index (χ3n) is 3.35. The number of H-pyrrole nitrogens is 1. The van der Waals surface area contributed by atoms with Crippen molar-refractivity contribution in [3.8, 4) is 5.69 Å². The van der Waals surface area contributed by atoms with Crippen LogP contribution in [0.1, 0.15) is 5.69 Å². The van der Waals surface area contributed by atoms with Gasteiger partial charge < -0.3 is 14.6 Å². The average Bonchev–Trinajstić information content (AvgIpc) is 2.79. The molecule has 5 heteroatoms. The number of anilines is 1. The summed E-state index contributed by atoms with van der Waals surface area (Å²) < 4.78 is 8.10. The second kappa shape index (κ2) is 5.19. The van der Waals surface area contributed by atoms with E-state index in [-0.39, 0.29) is 0 Å². The third-order valence-corrected chi connectivity index (χ3v) is 3.65. The van der Waals surface area contributed by atoms with E-state index in [1.54, 1.807) is 0 Å². The molecule has 1 N–H and O–H groups in total. The van der Waals surface area contributed by atoms with Crippen LogP contribution in [-0.2, 0) is 4.74 Å². The Labute approximate surface area is 117 Å². The van der Waals surface area contributed by atoms with E-state index in [9.17, 15) is 0 Å². The van der Waals surface area contributed by atoms with Crippen LogP contribution in [0.3, 0.4) is 0 Å². The van der Waals surface area contributed by atoms with Crippen molar-refractivity contribution in [2.75, 3.05) is 31.2 Å². The van der Waals surface area contributed by atoms with Gasteiger partial charge in [-0.05, 0) is 43.4 Å². The molecule has 100 valence electrons. The Morgan fingerprint density at radius 3 is 2.32 bits per heavy atom. The second-order valence-electron chi connectivity index (χ2n) is 4.73.